The molecular weight excluding hydrogens is 390 g/mol. The summed E-state index contributed by atoms with van der Waals surface area (Å²) in [6, 6.07) is 5.33. The SMILES string of the molecule is CCC[C@@H](O)c1cc(C)c(-c2cc3cnc(NC(=O)[C@H]4CC4(F)F)cc3cn2)cn1. The number of aliphatic hydroxyl groups is 1. The number of alkyl halides is 2. The second-order valence-electron chi connectivity index (χ2n) is 7.72. The van der Waals surface area contributed by atoms with E-state index in [4.69, 9.17) is 0 Å². The Kier molecular flexibility index (Phi) is 5.19. The Hall–Kier alpha value is -3.00. The zero-order chi connectivity index (χ0) is 21.5. The second kappa shape index (κ2) is 7.68. The van der Waals surface area contributed by atoms with Gasteiger partial charge in [-0.2, -0.15) is 0 Å². The number of halogens is 2. The van der Waals surface area contributed by atoms with Crippen LogP contribution in [0, 0.1) is 12.8 Å². The Balaban J connectivity index is 1.56. The van der Waals surface area contributed by atoms with Crippen LogP contribution in [-0.2, 0) is 4.79 Å². The minimum atomic E-state index is -2.91. The van der Waals surface area contributed by atoms with Gasteiger partial charge in [0.15, 0.2) is 0 Å². The van der Waals surface area contributed by atoms with Crippen molar-refractivity contribution in [1.29, 1.82) is 0 Å². The van der Waals surface area contributed by atoms with E-state index in [2.05, 4.69) is 20.3 Å². The van der Waals surface area contributed by atoms with Gasteiger partial charge in [-0.05, 0) is 37.1 Å². The average molecular weight is 412 g/mol. The molecule has 0 aromatic carbocycles. The van der Waals surface area contributed by atoms with E-state index in [9.17, 15) is 18.7 Å². The fourth-order valence-electron chi connectivity index (χ4n) is 3.41. The van der Waals surface area contributed by atoms with Crippen LogP contribution in [0.3, 0.4) is 0 Å². The number of nitrogens with zero attached hydrogens (tertiary/aromatic N) is 3. The maximum Gasteiger partial charge on any atom is 0.260 e. The van der Waals surface area contributed by atoms with Crippen LogP contribution >= 0.6 is 0 Å². The number of carbonyl (C=O) groups is 1. The Morgan fingerprint density at radius 1 is 1.20 bits per heavy atom. The third-order valence-corrected chi connectivity index (χ3v) is 5.31. The minimum absolute atomic E-state index is 0.219. The number of hydrogen-bond donors (Lipinski definition) is 2. The summed E-state index contributed by atoms with van der Waals surface area (Å²) in [5.74, 6) is -4.68. The summed E-state index contributed by atoms with van der Waals surface area (Å²) in [6.07, 6.45) is 5.45. The zero-order valence-electron chi connectivity index (χ0n) is 16.7. The highest BCUT2D eigenvalue weighted by atomic mass is 19.3. The Bertz CT molecular complexity index is 1120. The van der Waals surface area contributed by atoms with Crippen molar-refractivity contribution in [1.82, 2.24) is 15.0 Å². The highest BCUT2D eigenvalue weighted by Gasteiger charge is 2.61. The molecule has 0 radical (unpaired) electrons. The molecule has 1 saturated carbocycles. The van der Waals surface area contributed by atoms with Gasteiger partial charge in [0.25, 0.3) is 5.92 Å². The van der Waals surface area contributed by atoms with Crippen LogP contribution in [0.4, 0.5) is 14.6 Å². The molecule has 0 saturated heterocycles. The molecule has 3 aromatic heterocycles. The van der Waals surface area contributed by atoms with Crippen LogP contribution in [-0.4, -0.2) is 31.9 Å². The first-order chi connectivity index (χ1) is 14.3. The highest BCUT2D eigenvalue weighted by Crippen LogP contribution is 2.49. The van der Waals surface area contributed by atoms with Crippen molar-refractivity contribution in [3.05, 3.63) is 48.0 Å². The molecule has 1 fully saturated rings. The monoisotopic (exact) mass is 412 g/mol. The van der Waals surface area contributed by atoms with E-state index in [-0.39, 0.29) is 5.82 Å². The highest BCUT2D eigenvalue weighted by molar-refractivity contribution is 5.96. The van der Waals surface area contributed by atoms with Gasteiger partial charge in [-0.3, -0.25) is 14.8 Å². The maximum absolute atomic E-state index is 13.0. The normalized spacial score (nSPS) is 18.2. The number of aryl methyl sites for hydroxylation is 1. The summed E-state index contributed by atoms with van der Waals surface area (Å²) in [4.78, 5) is 24.9. The molecule has 156 valence electrons. The van der Waals surface area contributed by atoms with Crippen molar-refractivity contribution >= 4 is 22.5 Å². The number of anilines is 1. The molecule has 1 aliphatic carbocycles. The minimum Gasteiger partial charge on any atom is -0.387 e. The Labute approximate surface area is 172 Å². The van der Waals surface area contributed by atoms with Gasteiger partial charge in [-0.1, -0.05) is 13.3 Å². The van der Waals surface area contributed by atoms with E-state index in [1.54, 1.807) is 24.7 Å². The fourth-order valence-corrected chi connectivity index (χ4v) is 3.41. The van der Waals surface area contributed by atoms with E-state index in [0.717, 1.165) is 28.3 Å². The number of pyridine rings is 3. The summed E-state index contributed by atoms with van der Waals surface area (Å²) >= 11 is 0. The first-order valence-electron chi connectivity index (χ1n) is 9.88. The molecular formula is C22H22F2N4O2. The Morgan fingerprint density at radius 3 is 2.57 bits per heavy atom. The maximum atomic E-state index is 13.0. The van der Waals surface area contributed by atoms with Crippen LogP contribution in [0.2, 0.25) is 0 Å². The fraction of sp³-hybridized carbons (Fsp3) is 0.364. The van der Waals surface area contributed by atoms with Crippen molar-refractivity contribution < 1.29 is 18.7 Å². The smallest absolute Gasteiger partial charge is 0.260 e. The zero-order valence-corrected chi connectivity index (χ0v) is 16.7. The number of aromatic nitrogens is 3. The van der Waals surface area contributed by atoms with Gasteiger partial charge in [0.2, 0.25) is 5.91 Å². The molecule has 2 N–H and O–H groups in total. The van der Waals surface area contributed by atoms with Crippen LogP contribution < -0.4 is 5.32 Å². The van der Waals surface area contributed by atoms with Crippen LogP contribution in [0.1, 0.15) is 43.5 Å². The molecule has 0 bridgehead atoms. The molecule has 3 heterocycles. The molecule has 0 aliphatic heterocycles. The summed E-state index contributed by atoms with van der Waals surface area (Å²) in [6.45, 7) is 3.95. The molecule has 8 heteroatoms. The van der Waals surface area contributed by atoms with Crippen molar-refractivity contribution in [2.24, 2.45) is 5.92 Å². The topological polar surface area (TPSA) is 88.0 Å². The van der Waals surface area contributed by atoms with Crippen molar-refractivity contribution in [3.63, 3.8) is 0 Å². The lowest BCUT2D eigenvalue weighted by Crippen LogP contribution is -2.18. The molecule has 1 aliphatic rings. The second-order valence-corrected chi connectivity index (χ2v) is 7.72. The quantitative estimate of drug-likeness (QED) is 0.625. The summed E-state index contributed by atoms with van der Waals surface area (Å²) in [5.41, 5.74) is 3.14. The van der Waals surface area contributed by atoms with Gasteiger partial charge in [0, 0.05) is 41.3 Å². The van der Waals surface area contributed by atoms with E-state index in [1.807, 2.05) is 26.0 Å². The van der Waals surface area contributed by atoms with E-state index < -0.39 is 30.3 Å². The molecule has 6 nitrogen and oxygen atoms in total. The molecule has 1 amide bonds. The third kappa shape index (κ3) is 4.00. The number of carbonyl (C=O) groups excluding carboxylic acids is 1. The standard InChI is InChI=1S/C22H22F2N4O2/c1-3-4-19(29)18-5-12(2)15(11-26-18)17-6-13-10-27-20(7-14(13)9-25-17)28-21(30)16-8-22(16,23)24/h5-7,9-11,16,19,29H,3-4,8H2,1-2H3,(H,27,28,30)/t16-,19-/m1/s1. The van der Waals surface area contributed by atoms with Gasteiger partial charge in [-0.25, -0.2) is 13.8 Å². The van der Waals surface area contributed by atoms with Crippen LogP contribution in [0.25, 0.3) is 22.0 Å². The molecule has 0 unspecified atom stereocenters. The first kappa shape index (κ1) is 20.3. The van der Waals surface area contributed by atoms with E-state index in [1.165, 1.54) is 0 Å². The van der Waals surface area contributed by atoms with Gasteiger partial charge < -0.3 is 10.4 Å². The van der Waals surface area contributed by atoms with Crippen LogP contribution in [0.5, 0.6) is 0 Å². The van der Waals surface area contributed by atoms with Gasteiger partial charge in [-0.15, -0.1) is 0 Å². The number of amides is 1. The summed E-state index contributed by atoms with van der Waals surface area (Å²) in [7, 11) is 0. The van der Waals surface area contributed by atoms with Crippen molar-refractivity contribution in [3.8, 4) is 11.3 Å². The molecule has 3 aromatic rings. The molecule has 0 spiro atoms. The van der Waals surface area contributed by atoms with Crippen LogP contribution in [0.15, 0.2) is 36.8 Å². The number of hydrogen-bond acceptors (Lipinski definition) is 5. The van der Waals surface area contributed by atoms with E-state index >= 15 is 0 Å². The lowest BCUT2D eigenvalue weighted by Gasteiger charge is -2.12. The summed E-state index contributed by atoms with van der Waals surface area (Å²) in [5, 5.41) is 14.1. The van der Waals surface area contributed by atoms with Gasteiger partial charge >= 0.3 is 0 Å². The van der Waals surface area contributed by atoms with Crippen molar-refractivity contribution in [2.75, 3.05) is 5.32 Å². The third-order valence-electron chi connectivity index (χ3n) is 5.31. The van der Waals surface area contributed by atoms with Crippen molar-refractivity contribution in [2.45, 2.75) is 45.1 Å². The average Bonchev–Trinajstić information content (AvgIpc) is 3.36. The lowest BCUT2D eigenvalue weighted by molar-refractivity contribution is -0.119. The number of rotatable bonds is 6. The van der Waals surface area contributed by atoms with Gasteiger partial charge in [0.1, 0.15) is 11.7 Å². The largest absolute Gasteiger partial charge is 0.387 e. The predicted molar refractivity (Wildman–Crippen MR) is 109 cm³/mol. The molecule has 2 atom stereocenters. The van der Waals surface area contributed by atoms with E-state index in [0.29, 0.717) is 17.8 Å². The number of aliphatic hydroxyl groups excluding tert-OH is 1. The first-order valence-corrected chi connectivity index (χ1v) is 9.88. The summed E-state index contributed by atoms with van der Waals surface area (Å²) < 4.78 is 26.1. The van der Waals surface area contributed by atoms with Gasteiger partial charge in [0.05, 0.1) is 17.5 Å². The number of fused-ring (bicyclic) bond motifs is 1. The molecule has 30 heavy (non-hydrogen) atoms. The predicted octanol–water partition coefficient (Wildman–Crippen LogP) is 4.43. The number of nitrogens with one attached hydrogen (secondary N) is 1. The Morgan fingerprint density at radius 2 is 1.90 bits per heavy atom. The lowest BCUT2D eigenvalue weighted by atomic mass is 10.0. The molecule has 4 rings (SSSR count).